The third-order valence-corrected chi connectivity index (χ3v) is 15.5. The molecule has 0 amide bonds. The first-order valence-corrected chi connectivity index (χ1v) is 26.6. The number of fused-ring (bicyclic) bond motifs is 3. The van der Waals surface area contributed by atoms with Crippen LogP contribution in [0.25, 0.3) is 50.1 Å². The van der Waals surface area contributed by atoms with Gasteiger partial charge in [-0.2, -0.15) is 0 Å². The van der Waals surface area contributed by atoms with Crippen molar-refractivity contribution in [2.75, 3.05) is 0 Å². The smallest absolute Gasteiger partial charge is 0.269 e. The Bertz CT molecular complexity index is 3630. The largest absolute Gasteiger partial charge is 0.458 e. The van der Waals surface area contributed by atoms with Crippen molar-refractivity contribution in [1.29, 1.82) is 0 Å². The van der Waals surface area contributed by atoms with E-state index in [0.717, 1.165) is 56.4 Å². The van der Waals surface area contributed by atoms with Gasteiger partial charge in [0.1, 0.15) is 17.3 Å². The van der Waals surface area contributed by atoms with Crippen LogP contribution < -0.4 is 9.30 Å². The zero-order chi connectivity index (χ0) is 52.3. The average Bonchev–Trinajstić information content (AvgIpc) is 4.00. The molecule has 5 nitrogen and oxygen atoms in total. The molecule has 0 fully saturated rings. The summed E-state index contributed by atoms with van der Waals surface area (Å²) in [5.74, 6) is 3.50. The summed E-state index contributed by atoms with van der Waals surface area (Å²) in [6.07, 6.45) is 8.09. The third-order valence-electron chi connectivity index (χ3n) is 15.5. The van der Waals surface area contributed by atoms with E-state index in [-0.39, 0.29) is 16.2 Å². The van der Waals surface area contributed by atoms with Gasteiger partial charge in [-0.3, -0.25) is 13.7 Å². The lowest BCUT2D eigenvalue weighted by Crippen LogP contribution is -2.40. The highest BCUT2D eigenvalue weighted by molar-refractivity contribution is 6.09. The SMILES string of the molecule is CC(C)c1cc(C(C)C)c(-c2ccnc(-n3c4ccccc4c4ccc(Oc5cc(-n6[c-][n+](-c7cccc(C(C)(C)C)c7)c(C(C)(C)c7ccccc7)c6)cc(C(C)(C)c6ccccc6)c5)cc43)c2)c(C(C)C)c1. The number of para-hydroxylation sites is 1. The summed E-state index contributed by atoms with van der Waals surface area (Å²) in [6.45, 7) is 29.9. The first-order chi connectivity index (χ1) is 35.3. The predicted molar refractivity (Wildman–Crippen MR) is 308 cm³/mol. The zero-order valence-corrected chi connectivity index (χ0v) is 45.7. The fourth-order valence-corrected chi connectivity index (χ4v) is 10.8. The van der Waals surface area contributed by atoms with Crippen LogP contribution in [-0.2, 0) is 16.2 Å². The van der Waals surface area contributed by atoms with Crippen LogP contribution in [-0.4, -0.2) is 14.1 Å². The van der Waals surface area contributed by atoms with Crippen molar-refractivity contribution >= 4 is 21.8 Å². The molecule has 0 atom stereocenters. The maximum Gasteiger partial charge on any atom is 0.269 e. The number of ether oxygens (including phenoxy) is 1. The number of pyridine rings is 1. The first kappa shape index (κ1) is 50.1. The number of hydrogen-bond donors (Lipinski definition) is 0. The van der Waals surface area contributed by atoms with E-state index >= 15 is 0 Å². The molecule has 374 valence electrons. The Kier molecular flexibility index (Phi) is 13.1. The minimum atomic E-state index is -0.366. The minimum absolute atomic E-state index is 0.0229. The Balaban J connectivity index is 1.13. The molecule has 10 rings (SSSR count). The summed E-state index contributed by atoms with van der Waals surface area (Å²) in [5.41, 5.74) is 16.0. The molecule has 74 heavy (non-hydrogen) atoms. The van der Waals surface area contributed by atoms with Crippen LogP contribution in [0.5, 0.6) is 11.5 Å². The predicted octanol–water partition coefficient (Wildman–Crippen LogP) is 17.8. The van der Waals surface area contributed by atoms with Crippen LogP contribution in [0.4, 0.5) is 0 Å². The van der Waals surface area contributed by atoms with Crippen LogP contribution >= 0.6 is 0 Å². The van der Waals surface area contributed by atoms with Crippen molar-refractivity contribution in [2.24, 2.45) is 0 Å². The molecule has 0 saturated carbocycles. The Morgan fingerprint density at radius 1 is 0.514 bits per heavy atom. The number of nitrogens with zero attached hydrogens (tertiary/aromatic N) is 4. The normalized spacial score (nSPS) is 12.5. The van der Waals surface area contributed by atoms with Gasteiger partial charge in [0.15, 0.2) is 0 Å². The van der Waals surface area contributed by atoms with E-state index in [1.54, 1.807) is 0 Å². The van der Waals surface area contributed by atoms with Gasteiger partial charge in [-0.1, -0.05) is 193 Å². The topological polar surface area (TPSA) is 35.9 Å². The molecule has 0 spiro atoms. The summed E-state index contributed by atoms with van der Waals surface area (Å²) < 4.78 is 13.9. The van der Waals surface area contributed by atoms with E-state index in [9.17, 15) is 0 Å². The number of hydrogen-bond acceptors (Lipinski definition) is 2. The first-order valence-electron chi connectivity index (χ1n) is 26.6. The third kappa shape index (κ3) is 9.38. The van der Waals surface area contributed by atoms with Crippen LogP contribution in [0, 0.1) is 6.33 Å². The van der Waals surface area contributed by atoms with Crippen LogP contribution in [0.15, 0.2) is 182 Å². The van der Waals surface area contributed by atoms with E-state index in [1.165, 1.54) is 49.9 Å². The lowest BCUT2D eigenvalue weighted by Gasteiger charge is -2.28. The summed E-state index contributed by atoms with van der Waals surface area (Å²) in [7, 11) is 0. The maximum absolute atomic E-state index is 7.16. The van der Waals surface area contributed by atoms with Crippen molar-refractivity contribution in [3.63, 3.8) is 0 Å². The van der Waals surface area contributed by atoms with Crippen molar-refractivity contribution in [3.05, 3.63) is 233 Å². The molecule has 0 bridgehead atoms. The van der Waals surface area contributed by atoms with Crippen molar-refractivity contribution in [3.8, 4) is 39.8 Å². The molecule has 0 radical (unpaired) electrons. The number of benzene rings is 7. The number of aromatic nitrogens is 4. The molecule has 0 unspecified atom stereocenters. The monoisotopic (exact) mass is 973 g/mol. The molecule has 3 heterocycles. The lowest BCUT2D eigenvalue weighted by atomic mass is 9.78. The van der Waals surface area contributed by atoms with Gasteiger partial charge in [0.25, 0.3) is 6.33 Å². The standard InChI is InChI=1S/C69H72N4O/c1-45(2)49-35-60(46(3)4)66(61(36-49)47(5)6)48-33-34-70-65(37-48)73-62-30-21-20-29-58(62)59-32-31-56(42-63(59)73)74-57-40-53(68(10,11)50-23-16-14-17-24-50)39-55(41-57)71-43-64(69(12,13)51-25-18-15-19-26-51)72(44-71)54-28-22-27-52(38-54)67(7,8)9/h14-43,45-47H,1-13H3. The second-order valence-electron chi connectivity index (χ2n) is 23.4. The Morgan fingerprint density at radius 3 is 1.78 bits per heavy atom. The zero-order valence-electron chi connectivity index (χ0n) is 45.7. The van der Waals surface area contributed by atoms with Gasteiger partial charge in [0.2, 0.25) is 0 Å². The average molecular weight is 973 g/mol. The molecule has 0 aliphatic rings. The molecule has 0 N–H and O–H groups in total. The quantitative estimate of drug-likeness (QED) is 0.0852. The van der Waals surface area contributed by atoms with Crippen LogP contribution in [0.1, 0.15) is 152 Å². The second kappa shape index (κ2) is 19.4. The number of imidazole rings is 1. The van der Waals surface area contributed by atoms with E-state index in [1.807, 2.05) is 6.20 Å². The van der Waals surface area contributed by atoms with Gasteiger partial charge in [-0.25, -0.2) is 4.98 Å². The molecule has 10 aromatic rings. The minimum Gasteiger partial charge on any atom is -0.458 e. The lowest BCUT2D eigenvalue weighted by molar-refractivity contribution is -0.611. The van der Waals surface area contributed by atoms with Crippen molar-refractivity contribution in [2.45, 2.75) is 124 Å². The molecular weight excluding hydrogens is 901 g/mol. The number of rotatable bonds is 13. The van der Waals surface area contributed by atoms with Gasteiger partial charge < -0.3 is 4.74 Å². The van der Waals surface area contributed by atoms with Gasteiger partial charge in [0, 0.05) is 40.1 Å². The summed E-state index contributed by atoms with van der Waals surface area (Å²) >= 11 is 0. The van der Waals surface area contributed by atoms with Crippen molar-refractivity contribution in [1.82, 2.24) is 14.1 Å². The molecule has 0 saturated heterocycles. The highest BCUT2D eigenvalue weighted by atomic mass is 16.5. The van der Waals surface area contributed by atoms with Crippen molar-refractivity contribution < 1.29 is 9.30 Å². The second-order valence-corrected chi connectivity index (χ2v) is 23.4. The Morgan fingerprint density at radius 2 is 1.14 bits per heavy atom. The molecule has 0 aliphatic carbocycles. The Labute approximate surface area is 440 Å². The molecule has 5 heteroatoms. The van der Waals surface area contributed by atoms with Crippen LogP contribution in [0.2, 0.25) is 0 Å². The molecule has 3 aromatic heterocycles. The summed E-state index contributed by atoms with van der Waals surface area (Å²) in [4.78, 5) is 5.13. The van der Waals surface area contributed by atoms with Gasteiger partial charge in [0.05, 0.1) is 28.1 Å². The van der Waals surface area contributed by atoms with E-state index in [4.69, 9.17) is 9.72 Å². The van der Waals surface area contributed by atoms with Gasteiger partial charge in [-0.15, -0.1) is 0 Å². The summed E-state index contributed by atoms with van der Waals surface area (Å²) in [5, 5.41) is 2.31. The van der Waals surface area contributed by atoms with Crippen LogP contribution in [0.3, 0.4) is 0 Å². The molecule has 7 aromatic carbocycles. The van der Waals surface area contributed by atoms with Gasteiger partial charge >= 0.3 is 0 Å². The molecule has 0 aliphatic heterocycles. The van der Waals surface area contributed by atoms with E-state index in [2.05, 4.69) is 286 Å². The Hall–Kier alpha value is -7.50. The van der Waals surface area contributed by atoms with E-state index < -0.39 is 0 Å². The fraction of sp³-hybridized carbons (Fsp3) is 0.275. The van der Waals surface area contributed by atoms with E-state index in [0.29, 0.717) is 17.8 Å². The maximum atomic E-state index is 7.16. The summed E-state index contributed by atoms with van der Waals surface area (Å²) in [6, 6.07) is 61.6. The highest BCUT2D eigenvalue weighted by Gasteiger charge is 2.31. The molecular formula is C69H72N4O. The fourth-order valence-electron chi connectivity index (χ4n) is 10.8. The van der Waals surface area contributed by atoms with Gasteiger partial charge in [-0.05, 0) is 134 Å². The highest BCUT2D eigenvalue weighted by Crippen LogP contribution is 2.42.